The van der Waals surface area contributed by atoms with Crippen molar-refractivity contribution in [2.75, 3.05) is 38.8 Å². The van der Waals surface area contributed by atoms with Gasteiger partial charge >= 0.3 is 6.03 Å². The number of aromatic nitrogens is 1. The van der Waals surface area contributed by atoms with Crippen molar-refractivity contribution in [1.29, 1.82) is 0 Å². The smallest absolute Gasteiger partial charge is 0.322 e. The fourth-order valence-corrected chi connectivity index (χ4v) is 5.31. The van der Waals surface area contributed by atoms with E-state index in [0.717, 1.165) is 11.1 Å². The van der Waals surface area contributed by atoms with E-state index >= 15 is 0 Å². The fraction of sp³-hybridized carbons (Fsp3) is 0.455. The molecule has 10 heteroatoms. The van der Waals surface area contributed by atoms with Gasteiger partial charge in [-0.25, -0.2) is 13.2 Å². The molecule has 1 aromatic rings. The van der Waals surface area contributed by atoms with Crippen molar-refractivity contribution >= 4 is 27.1 Å². The number of ether oxygens (including phenoxy) is 1. The molecule has 0 saturated carbocycles. The Hall–Kier alpha value is -2.85. The zero-order valence-corrected chi connectivity index (χ0v) is 19.3. The first-order chi connectivity index (χ1) is 15.2. The molecule has 0 aromatic carbocycles. The highest BCUT2D eigenvalue weighted by molar-refractivity contribution is 7.91. The van der Waals surface area contributed by atoms with Crippen LogP contribution in [0.1, 0.15) is 24.0 Å². The molecule has 0 bridgehead atoms. The van der Waals surface area contributed by atoms with Crippen molar-refractivity contribution in [2.24, 2.45) is 7.05 Å². The number of rotatable bonds is 6. The third-order valence-electron chi connectivity index (χ3n) is 5.89. The van der Waals surface area contributed by atoms with E-state index in [4.69, 9.17) is 4.74 Å². The standard InChI is InChI=1S/C22H28N4O5S/c1-25-9-6-16-15(13-32(3,29)30)11-14-12-26(22(28)24-7-4-10-31-2)17-5-8-23-20(18(14)17)19(16)21(25)27/h6,9,11-12,17,23H,4-5,7-8,10,13H2,1-3H3,(H,24,28). The van der Waals surface area contributed by atoms with Crippen LogP contribution in [0.4, 0.5) is 4.79 Å². The average molecular weight is 461 g/mol. The van der Waals surface area contributed by atoms with Crippen LogP contribution in [-0.2, 0) is 21.6 Å². The molecule has 1 atom stereocenters. The minimum Gasteiger partial charge on any atom is -0.385 e. The number of carbonyl (C=O) groups is 1. The van der Waals surface area contributed by atoms with Crippen molar-refractivity contribution < 1.29 is 17.9 Å². The fourth-order valence-electron chi connectivity index (χ4n) is 4.51. The Labute approximate surface area is 187 Å². The number of urea groups is 1. The largest absolute Gasteiger partial charge is 0.385 e. The highest BCUT2D eigenvalue weighted by atomic mass is 32.2. The van der Waals surface area contributed by atoms with E-state index in [1.165, 1.54) is 10.8 Å². The third-order valence-corrected chi connectivity index (χ3v) is 6.73. The van der Waals surface area contributed by atoms with E-state index in [1.807, 2.05) is 0 Å². The van der Waals surface area contributed by atoms with E-state index in [9.17, 15) is 18.0 Å². The lowest BCUT2D eigenvalue weighted by Crippen LogP contribution is -2.45. The maximum absolute atomic E-state index is 13.2. The molecular weight excluding hydrogens is 432 g/mol. The summed E-state index contributed by atoms with van der Waals surface area (Å²) in [5.74, 6) is -0.195. The molecule has 0 spiro atoms. The van der Waals surface area contributed by atoms with Crippen LogP contribution in [0.15, 0.2) is 40.5 Å². The SMILES string of the molecule is COCCCNC(=O)N1C=C2C=C(CS(C)(=O)=O)c3ccn(C)c(=O)c3C3=C2C1CCN3. The van der Waals surface area contributed by atoms with Crippen molar-refractivity contribution in [2.45, 2.75) is 18.9 Å². The molecule has 172 valence electrons. The van der Waals surface area contributed by atoms with Gasteiger partial charge in [0.1, 0.15) is 0 Å². The van der Waals surface area contributed by atoms with Crippen LogP contribution in [0.5, 0.6) is 0 Å². The van der Waals surface area contributed by atoms with Crippen molar-refractivity contribution in [3.8, 4) is 0 Å². The number of hydrogen-bond donors (Lipinski definition) is 2. The summed E-state index contributed by atoms with van der Waals surface area (Å²) in [5.41, 5.74) is 3.69. The highest BCUT2D eigenvalue weighted by Gasteiger charge is 2.40. The second-order valence-electron chi connectivity index (χ2n) is 8.35. The summed E-state index contributed by atoms with van der Waals surface area (Å²) in [5, 5.41) is 6.27. The molecule has 0 fully saturated rings. The second-order valence-corrected chi connectivity index (χ2v) is 10.5. The topological polar surface area (TPSA) is 110 Å². The first-order valence-corrected chi connectivity index (χ1v) is 12.6. The number of hydrogen-bond acceptors (Lipinski definition) is 6. The van der Waals surface area contributed by atoms with Gasteiger partial charge in [0.15, 0.2) is 9.84 Å². The minimum absolute atomic E-state index is 0.195. The van der Waals surface area contributed by atoms with Gasteiger partial charge in [-0.2, -0.15) is 0 Å². The Kier molecular flexibility index (Phi) is 6.00. The summed E-state index contributed by atoms with van der Waals surface area (Å²) in [6, 6.07) is 1.34. The Morgan fingerprint density at radius 1 is 1.38 bits per heavy atom. The van der Waals surface area contributed by atoms with Crippen LogP contribution in [0, 0.1) is 0 Å². The minimum atomic E-state index is -3.35. The predicted octanol–water partition coefficient (Wildman–Crippen LogP) is 0.846. The average Bonchev–Trinajstić information content (AvgIpc) is 3.04. The number of aryl methyl sites for hydroxylation is 1. The Balaban J connectivity index is 1.82. The zero-order valence-electron chi connectivity index (χ0n) is 18.5. The maximum atomic E-state index is 13.2. The molecule has 2 amide bonds. The van der Waals surface area contributed by atoms with Gasteiger partial charge in [0.2, 0.25) is 0 Å². The van der Waals surface area contributed by atoms with Crippen LogP contribution in [0.25, 0.3) is 11.3 Å². The lowest BCUT2D eigenvalue weighted by atomic mass is 9.92. The summed E-state index contributed by atoms with van der Waals surface area (Å²) in [6.45, 7) is 1.64. The number of nitrogens with zero attached hydrogens (tertiary/aromatic N) is 2. The number of methoxy groups -OCH3 is 1. The normalized spacial score (nSPS) is 19.5. The van der Waals surface area contributed by atoms with Crippen molar-refractivity contribution in [3.63, 3.8) is 0 Å². The quantitative estimate of drug-likeness (QED) is 0.609. The van der Waals surface area contributed by atoms with Crippen LogP contribution in [-0.4, -0.2) is 68.8 Å². The van der Waals surface area contributed by atoms with Crippen LogP contribution in [0.3, 0.4) is 0 Å². The zero-order chi connectivity index (χ0) is 23.0. The number of amides is 2. The molecule has 4 rings (SSSR count). The molecule has 0 radical (unpaired) electrons. The summed E-state index contributed by atoms with van der Waals surface area (Å²) in [4.78, 5) is 27.7. The summed E-state index contributed by atoms with van der Waals surface area (Å²) < 4.78 is 30.9. The number of nitrogens with one attached hydrogen (secondary N) is 2. The van der Waals surface area contributed by atoms with Gasteiger partial charge < -0.3 is 19.9 Å². The highest BCUT2D eigenvalue weighted by Crippen LogP contribution is 2.42. The second kappa shape index (κ2) is 8.59. The predicted molar refractivity (Wildman–Crippen MR) is 123 cm³/mol. The van der Waals surface area contributed by atoms with E-state index in [1.54, 1.807) is 43.6 Å². The van der Waals surface area contributed by atoms with Crippen LogP contribution >= 0.6 is 0 Å². The molecule has 32 heavy (non-hydrogen) atoms. The van der Waals surface area contributed by atoms with E-state index < -0.39 is 9.84 Å². The Morgan fingerprint density at radius 3 is 2.88 bits per heavy atom. The number of sulfone groups is 1. The van der Waals surface area contributed by atoms with Gasteiger partial charge in [-0.3, -0.25) is 9.69 Å². The molecule has 1 unspecified atom stereocenters. The molecule has 3 aliphatic rings. The summed E-state index contributed by atoms with van der Waals surface area (Å²) in [6.07, 6.45) is 7.78. The molecular formula is C22H28N4O5S. The van der Waals surface area contributed by atoms with Gasteiger partial charge in [-0.15, -0.1) is 0 Å². The van der Waals surface area contributed by atoms with Gasteiger partial charge in [0.05, 0.1) is 23.1 Å². The van der Waals surface area contributed by atoms with Crippen molar-refractivity contribution in [1.82, 2.24) is 20.1 Å². The molecule has 2 N–H and O–H groups in total. The Morgan fingerprint density at radius 2 is 2.16 bits per heavy atom. The van der Waals surface area contributed by atoms with E-state index in [-0.39, 0.29) is 23.4 Å². The Bertz CT molecular complexity index is 1210. The number of carbonyl (C=O) groups excluding carboxylic acids is 1. The molecule has 0 saturated heterocycles. The summed E-state index contributed by atoms with van der Waals surface area (Å²) >= 11 is 0. The first kappa shape index (κ1) is 22.3. The number of allylic oxidation sites excluding steroid dienone is 1. The molecule has 1 aliphatic carbocycles. The molecule has 2 aliphatic heterocycles. The van der Waals surface area contributed by atoms with Crippen molar-refractivity contribution in [3.05, 3.63) is 57.2 Å². The van der Waals surface area contributed by atoms with Crippen LogP contribution in [0.2, 0.25) is 0 Å². The lowest BCUT2D eigenvalue weighted by molar-refractivity contribution is 0.188. The lowest BCUT2D eigenvalue weighted by Gasteiger charge is -2.31. The molecule has 1 aromatic heterocycles. The number of pyridine rings is 1. The molecule has 3 heterocycles. The van der Waals surface area contributed by atoms with E-state index in [0.29, 0.717) is 54.9 Å². The van der Waals surface area contributed by atoms with Gasteiger partial charge in [0, 0.05) is 58.1 Å². The van der Waals surface area contributed by atoms with Crippen LogP contribution < -0.4 is 16.2 Å². The summed E-state index contributed by atoms with van der Waals surface area (Å²) in [7, 11) is -0.0640. The number of fused-ring (bicyclic) bond motifs is 2. The monoisotopic (exact) mass is 460 g/mol. The molecule has 9 nitrogen and oxygen atoms in total. The van der Waals surface area contributed by atoms with Gasteiger partial charge in [0.25, 0.3) is 5.56 Å². The van der Waals surface area contributed by atoms with Gasteiger partial charge in [-0.05, 0) is 41.7 Å². The maximum Gasteiger partial charge on any atom is 0.322 e. The van der Waals surface area contributed by atoms with Gasteiger partial charge in [-0.1, -0.05) is 0 Å². The van der Waals surface area contributed by atoms with E-state index in [2.05, 4.69) is 10.6 Å². The first-order valence-electron chi connectivity index (χ1n) is 10.6. The third kappa shape index (κ3) is 4.12.